The molecule has 0 amide bonds. The van der Waals surface area contributed by atoms with Crippen LogP contribution in [0.5, 0.6) is 0 Å². The Morgan fingerprint density at radius 2 is 2.20 bits per heavy atom. The summed E-state index contributed by atoms with van der Waals surface area (Å²) in [6.07, 6.45) is 9.46. The molecule has 2 aliphatic rings. The first-order valence-corrected chi connectivity index (χ1v) is 4.30. The minimum Gasteiger partial charge on any atom is -0.0847 e. The van der Waals surface area contributed by atoms with Gasteiger partial charge in [-0.1, -0.05) is 23.3 Å². The van der Waals surface area contributed by atoms with Crippen molar-refractivity contribution in [3.05, 3.63) is 22.8 Å². The lowest BCUT2D eigenvalue weighted by Crippen LogP contribution is -1.90. The van der Waals surface area contributed by atoms with Crippen LogP contribution in [-0.4, -0.2) is 0 Å². The Hall–Kier alpha value is -0.230. The number of rotatable bonds is 1. The minimum atomic E-state index is 0.905. The summed E-state index contributed by atoms with van der Waals surface area (Å²) >= 11 is 5.87. The van der Waals surface area contributed by atoms with Crippen LogP contribution in [0.15, 0.2) is 22.8 Å². The van der Waals surface area contributed by atoms with E-state index >= 15 is 0 Å². The first-order valence-electron chi connectivity index (χ1n) is 3.92. The molecular weight excluding hydrogens is 144 g/mol. The molecule has 0 aromatic heterocycles. The largest absolute Gasteiger partial charge is 0.0847 e. The number of hydrogen-bond acceptors (Lipinski definition) is 0. The smallest absolute Gasteiger partial charge is 0.0365 e. The predicted octanol–water partition coefficient (Wildman–Crippen LogP) is 3.24. The molecule has 0 nitrogen and oxygen atoms in total. The Bertz CT molecular complexity index is 197. The maximum absolute atomic E-state index is 5.87. The summed E-state index contributed by atoms with van der Waals surface area (Å²) in [5.74, 6) is 0.905. The van der Waals surface area contributed by atoms with Crippen LogP contribution in [-0.2, 0) is 0 Å². The lowest BCUT2D eigenvalue weighted by Gasteiger charge is -2.08. The molecule has 0 atom stereocenters. The molecule has 0 heterocycles. The fourth-order valence-electron chi connectivity index (χ4n) is 1.46. The third-order valence-electron chi connectivity index (χ3n) is 2.20. The van der Waals surface area contributed by atoms with E-state index in [4.69, 9.17) is 11.6 Å². The van der Waals surface area contributed by atoms with Gasteiger partial charge in [-0.15, -0.1) is 0 Å². The van der Waals surface area contributed by atoms with Crippen molar-refractivity contribution < 1.29 is 0 Å². The van der Waals surface area contributed by atoms with Crippen LogP contribution in [0.4, 0.5) is 0 Å². The van der Waals surface area contributed by atoms with E-state index in [0.29, 0.717) is 0 Å². The number of hydrogen-bond donors (Lipinski definition) is 0. The van der Waals surface area contributed by atoms with E-state index < -0.39 is 0 Å². The summed E-state index contributed by atoms with van der Waals surface area (Å²) < 4.78 is 0. The third-order valence-corrected chi connectivity index (χ3v) is 2.46. The summed E-state index contributed by atoms with van der Waals surface area (Å²) in [6.45, 7) is 0. The van der Waals surface area contributed by atoms with Crippen molar-refractivity contribution in [3.8, 4) is 0 Å². The molecule has 1 saturated carbocycles. The summed E-state index contributed by atoms with van der Waals surface area (Å²) in [5.41, 5.74) is 1.59. The second-order valence-electron chi connectivity index (χ2n) is 3.12. The van der Waals surface area contributed by atoms with Gasteiger partial charge in [-0.2, -0.15) is 0 Å². The van der Waals surface area contributed by atoms with Crippen LogP contribution < -0.4 is 0 Å². The fraction of sp³-hybridized carbons (Fsp3) is 0.556. The van der Waals surface area contributed by atoms with E-state index in [-0.39, 0.29) is 0 Å². The Balaban J connectivity index is 2.12. The minimum absolute atomic E-state index is 0.905. The van der Waals surface area contributed by atoms with Crippen molar-refractivity contribution in [1.82, 2.24) is 0 Å². The molecule has 0 aliphatic heterocycles. The van der Waals surface area contributed by atoms with E-state index in [9.17, 15) is 0 Å². The van der Waals surface area contributed by atoms with Gasteiger partial charge < -0.3 is 0 Å². The van der Waals surface area contributed by atoms with Gasteiger partial charge in [-0.05, 0) is 37.7 Å². The van der Waals surface area contributed by atoms with Crippen LogP contribution in [0.2, 0.25) is 0 Å². The van der Waals surface area contributed by atoms with Gasteiger partial charge in [-0.25, -0.2) is 0 Å². The van der Waals surface area contributed by atoms with E-state index in [1.807, 2.05) is 0 Å². The van der Waals surface area contributed by atoms with Crippen molar-refractivity contribution in [2.75, 3.05) is 0 Å². The van der Waals surface area contributed by atoms with Crippen molar-refractivity contribution in [2.24, 2.45) is 5.92 Å². The summed E-state index contributed by atoms with van der Waals surface area (Å²) in [5, 5.41) is 0.952. The molecule has 1 fully saturated rings. The molecule has 10 heavy (non-hydrogen) atoms. The molecule has 2 rings (SSSR count). The zero-order valence-electron chi connectivity index (χ0n) is 5.94. The normalized spacial score (nSPS) is 25.7. The van der Waals surface area contributed by atoms with Gasteiger partial charge in [0.05, 0.1) is 0 Å². The monoisotopic (exact) mass is 154 g/mol. The Labute approximate surface area is 66.6 Å². The maximum atomic E-state index is 5.87. The highest BCUT2D eigenvalue weighted by Gasteiger charge is 2.26. The average Bonchev–Trinajstić information content (AvgIpc) is 2.68. The first kappa shape index (κ1) is 6.48. The van der Waals surface area contributed by atoms with Crippen molar-refractivity contribution >= 4 is 11.6 Å². The third kappa shape index (κ3) is 1.27. The molecule has 0 saturated heterocycles. The highest BCUT2D eigenvalue weighted by molar-refractivity contribution is 6.31. The molecule has 0 spiro atoms. The zero-order valence-corrected chi connectivity index (χ0v) is 6.69. The molecule has 0 aromatic carbocycles. The Morgan fingerprint density at radius 1 is 1.40 bits per heavy atom. The van der Waals surface area contributed by atoms with Crippen molar-refractivity contribution in [3.63, 3.8) is 0 Å². The Kier molecular flexibility index (Phi) is 1.57. The molecular formula is C9H11Cl. The van der Waals surface area contributed by atoms with E-state index in [1.54, 1.807) is 5.57 Å². The van der Waals surface area contributed by atoms with Gasteiger partial charge in [0.2, 0.25) is 0 Å². The van der Waals surface area contributed by atoms with Crippen LogP contribution in [0.25, 0.3) is 0 Å². The molecule has 0 N–H and O–H groups in total. The number of allylic oxidation sites excluding steroid dienone is 4. The summed E-state index contributed by atoms with van der Waals surface area (Å²) in [4.78, 5) is 0. The van der Waals surface area contributed by atoms with Crippen LogP contribution >= 0.6 is 11.6 Å². The van der Waals surface area contributed by atoms with Crippen LogP contribution in [0, 0.1) is 5.92 Å². The number of halogens is 1. The summed E-state index contributed by atoms with van der Waals surface area (Å²) in [6, 6.07) is 0. The Morgan fingerprint density at radius 3 is 2.80 bits per heavy atom. The standard InChI is InChI=1S/C9H11Cl/c10-9-3-1-2-8(6-9)7-4-5-7/h3,6-7H,1-2,4-5H2. The first-order chi connectivity index (χ1) is 4.86. The molecule has 54 valence electrons. The van der Waals surface area contributed by atoms with E-state index in [2.05, 4.69) is 12.2 Å². The van der Waals surface area contributed by atoms with E-state index in [0.717, 1.165) is 17.4 Å². The van der Waals surface area contributed by atoms with Gasteiger partial charge in [0.15, 0.2) is 0 Å². The quantitative estimate of drug-likeness (QED) is 0.544. The topological polar surface area (TPSA) is 0 Å². The fourth-order valence-corrected chi connectivity index (χ4v) is 1.71. The summed E-state index contributed by atoms with van der Waals surface area (Å²) in [7, 11) is 0. The molecule has 0 aromatic rings. The molecule has 0 unspecified atom stereocenters. The van der Waals surface area contributed by atoms with Gasteiger partial charge in [0.1, 0.15) is 0 Å². The van der Waals surface area contributed by atoms with Crippen molar-refractivity contribution in [2.45, 2.75) is 25.7 Å². The highest BCUT2D eigenvalue weighted by Crippen LogP contribution is 2.40. The molecule has 2 aliphatic carbocycles. The highest BCUT2D eigenvalue weighted by atomic mass is 35.5. The van der Waals surface area contributed by atoms with Gasteiger partial charge in [0.25, 0.3) is 0 Å². The lowest BCUT2D eigenvalue weighted by atomic mass is 10.0. The van der Waals surface area contributed by atoms with E-state index in [1.165, 1.54) is 19.3 Å². The van der Waals surface area contributed by atoms with Gasteiger partial charge in [0, 0.05) is 5.03 Å². The van der Waals surface area contributed by atoms with Crippen LogP contribution in [0.3, 0.4) is 0 Å². The van der Waals surface area contributed by atoms with Crippen molar-refractivity contribution in [1.29, 1.82) is 0 Å². The average molecular weight is 155 g/mol. The second kappa shape index (κ2) is 2.43. The SMILES string of the molecule is ClC1=CCCC(C2CC2)=C1. The zero-order chi connectivity index (χ0) is 6.97. The molecule has 0 radical (unpaired) electrons. The maximum Gasteiger partial charge on any atom is 0.0365 e. The molecule has 1 heteroatoms. The van der Waals surface area contributed by atoms with Gasteiger partial charge in [-0.3, -0.25) is 0 Å². The van der Waals surface area contributed by atoms with Crippen LogP contribution in [0.1, 0.15) is 25.7 Å². The second-order valence-corrected chi connectivity index (χ2v) is 3.56. The lowest BCUT2D eigenvalue weighted by molar-refractivity contribution is 0.847. The predicted molar refractivity (Wildman–Crippen MR) is 44.0 cm³/mol. The van der Waals surface area contributed by atoms with Gasteiger partial charge >= 0.3 is 0 Å². The molecule has 0 bridgehead atoms.